The van der Waals surface area contributed by atoms with Crippen LogP contribution < -0.4 is 15.9 Å². The van der Waals surface area contributed by atoms with Crippen molar-refractivity contribution in [1.82, 2.24) is 20.1 Å². The number of rotatable bonds is 8. The van der Waals surface area contributed by atoms with Gasteiger partial charge in [-0.3, -0.25) is 9.48 Å². The number of benzene rings is 2. The molecule has 2 heterocycles. The van der Waals surface area contributed by atoms with Gasteiger partial charge < -0.3 is 25.5 Å². The molecule has 0 bridgehead atoms. The van der Waals surface area contributed by atoms with Crippen LogP contribution in [-0.4, -0.2) is 58.1 Å². The van der Waals surface area contributed by atoms with Crippen molar-refractivity contribution in [1.29, 1.82) is 0 Å². The van der Waals surface area contributed by atoms with Crippen molar-refractivity contribution in [3.05, 3.63) is 78.0 Å². The molecule has 2 aromatic carbocycles. The molecule has 10 heteroatoms. The molecule has 0 saturated carbocycles. The van der Waals surface area contributed by atoms with Gasteiger partial charge in [0, 0.05) is 19.2 Å². The number of allylic oxidation sites excluding steroid dienone is 2. The molecule has 3 aromatic rings. The second kappa shape index (κ2) is 20.4. The van der Waals surface area contributed by atoms with Crippen molar-refractivity contribution >= 4 is 18.2 Å². The SMILES string of the molecule is C/C=C\C.CC.CC.CN/N=C(/N)c1c(-c2ccc(Oc3ccccc3)cc2)nn(CC2CCCN2C(=O)OC(C)(C)C)c1C=O. The highest BCUT2D eigenvalue weighted by molar-refractivity contribution is 6.07. The summed E-state index contributed by atoms with van der Waals surface area (Å²) in [6, 6.07) is 16.7. The van der Waals surface area contributed by atoms with Crippen molar-refractivity contribution in [3.63, 3.8) is 0 Å². The van der Waals surface area contributed by atoms with E-state index >= 15 is 0 Å². The number of carbonyl (C=O) groups excluding carboxylic acids is 2. The number of hydrogen-bond acceptors (Lipinski definition) is 7. The molecular weight excluding hydrogens is 580 g/mol. The molecule has 1 aromatic heterocycles. The molecule has 0 radical (unpaired) electrons. The van der Waals surface area contributed by atoms with Gasteiger partial charge in [0.15, 0.2) is 12.1 Å². The van der Waals surface area contributed by atoms with Crippen LogP contribution in [0.15, 0.2) is 71.9 Å². The average Bonchev–Trinajstić information content (AvgIpc) is 3.68. The van der Waals surface area contributed by atoms with Gasteiger partial charge in [0.05, 0.1) is 18.2 Å². The number of carbonyl (C=O) groups is 2. The van der Waals surface area contributed by atoms with Crippen LogP contribution >= 0.6 is 0 Å². The fourth-order valence-electron chi connectivity index (χ4n) is 4.46. The van der Waals surface area contributed by atoms with E-state index in [0.717, 1.165) is 30.4 Å². The molecule has 46 heavy (non-hydrogen) atoms. The van der Waals surface area contributed by atoms with E-state index in [4.69, 9.17) is 20.3 Å². The summed E-state index contributed by atoms with van der Waals surface area (Å²) in [4.78, 5) is 26.8. The predicted molar refractivity (Wildman–Crippen MR) is 188 cm³/mol. The molecule has 1 saturated heterocycles. The van der Waals surface area contributed by atoms with Crippen LogP contribution in [0, 0.1) is 0 Å². The van der Waals surface area contributed by atoms with Gasteiger partial charge in [0.25, 0.3) is 0 Å². The third-order valence-electron chi connectivity index (χ3n) is 6.42. The third-order valence-corrected chi connectivity index (χ3v) is 6.42. The fraction of sp³-hybridized carbons (Fsp3) is 0.444. The van der Waals surface area contributed by atoms with E-state index in [1.807, 2.05) is 129 Å². The fourth-order valence-corrected chi connectivity index (χ4v) is 4.46. The Hall–Kier alpha value is -4.60. The zero-order valence-electron chi connectivity index (χ0n) is 29.3. The van der Waals surface area contributed by atoms with Crippen molar-refractivity contribution in [2.75, 3.05) is 13.6 Å². The highest BCUT2D eigenvalue weighted by Crippen LogP contribution is 2.30. The van der Waals surface area contributed by atoms with E-state index in [1.165, 1.54) is 0 Å². The van der Waals surface area contributed by atoms with Crippen LogP contribution in [0.5, 0.6) is 11.5 Å². The second-order valence-corrected chi connectivity index (χ2v) is 10.7. The first-order valence-corrected chi connectivity index (χ1v) is 16.1. The number of aromatic nitrogens is 2. The minimum Gasteiger partial charge on any atom is -0.457 e. The second-order valence-electron chi connectivity index (χ2n) is 10.7. The Balaban J connectivity index is 0.00000121. The lowest BCUT2D eigenvalue weighted by Crippen LogP contribution is -2.41. The van der Waals surface area contributed by atoms with Crippen LogP contribution in [0.4, 0.5) is 4.79 Å². The quantitative estimate of drug-likeness (QED) is 0.0845. The minimum atomic E-state index is -0.599. The van der Waals surface area contributed by atoms with Gasteiger partial charge in [-0.2, -0.15) is 10.2 Å². The normalized spacial score (nSPS) is 14.2. The molecule has 0 spiro atoms. The van der Waals surface area contributed by atoms with Gasteiger partial charge in [-0.05, 0) is 83.9 Å². The largest absolute Gasteiger partial charge is 0.457 e. The Kier molecular flexibility index (Phi) is 17.5. The lowest BCUT2D eigenvalue weighted by molar-refractivity contribution is 0.0211. The van der Waals surface area contributed by atoms with Gasteiger partial charge in [-0.15, -0.1) is 0 Å². The monoisotopic (exact) mass is 634 g/mol. The molecule has 3 N–H and O–H groups in total. The minimum absolute atomic E-state index is 0.135. The predicted octanol–water partition coefficient (Wildman–Crippen LogP) is 8.03. The number of amides is 1. The lowest BCUT2D eigenvalue weighted by Gasteiger charge is -2.28. The summed E-state index contributed by atoms with van der Waals surface area (Å²) in [6.45, 7) is 18.4. The molecule has 1 atom stereocenters. The number of nitrogens with one attached hydrogen (secondary N) is 1. The number of amidine groups is 1. The molecular formula is C36H54N6O4. The van der Waals surface area contributed by atoms with E-state index in [1.54, 1.807) is 16.6 Å². The number of hydrogen-bond donors (Lipinski definition) is 2. The van der Waals surface area contributed by atoms with Gasteiger partial charge >= 0.3 is 6.09 Å². The van der Waals surface area contributed by atoms with Gasteiger partial charge in [0.1, 0.15) is 28.5 Å². The zero-order chi connectivity index (χ0) is 34.7. The highest BCUT2D eigenvalue weighted by Gasteiger charge is 2.34. The number of nitrogens with two attached hydrogens (primary N) is 1. The van der Waals surface area contributed by atoms with E-state index in [2.05, 4.69) is 10.5 Å². The first-order chi connectivity index (χ1) is 22.1. The third kappa shape index (κ3) is 11.7. The maximum atomic E-state index is 12.8. The lowest BCUT2D eigenvalue weighted by atomic mass is 10.0. The number of ether oxygens (including phenoxy) is 2. The molecule has 10 nitrogen and oxygen atoms in total. The number of aldehydes is 1. The number of hydrazone groups is 1. The molecule has 0 aliphatic carbocycles. The number of likely N-dealkylation sites (tertiary alicyclic amines) is 1. The average molecular weight is 635 g/mol. The summed E-state index contributed by atoms with van der Waals surface area (Å²) in [6.07, 6.45) is 5.97. The summed E-state index contributed by atoms with van der Waals surface area (Å²) in [7, 11) is 1.63. The van der Waals surface area contributed by atoms with Crippen molar-refractivity contribution in [2.24, 2.45) is 10.8 Å². The Morgan fingerprint density at radius 2 is 1.61 bits per heavy atom. The highest BCUT2D eigenvalue weighted by atomic mass is 16.6. The first kappa shape index (κ1) is 39.4. The van der Waals surface area contributed by atoms with Crippen LogP contribution in [-0.2, 0) is 11.3 Å². The summed E-state index contributed by atoms with van der Waals surface area (Å²) < 4.78 is 13.1. The number of para-hydroxylation sites is 1. The Morgan fingerprint density at radius 1 is 1.02 bits per heavy atom. The Morgan fingerprint density at radius 3 is 2.13 bits per heavy atom. The van der Waals surface area contributed by atoms with Gasteiger partial charge in [0.2, 0.25) is 0 Å². The summed E-state index contributed by atoms with van der Waals surface area (Å²) in [5.41, 5.74) is 10.3. The maximum Gasteiger partial charge on any atom is 0.410 e. The van der Waals surface area contributed by atoms with Gasteiger partial charge in [-0.25, -0.2) is 4.79 Å². The van der Waals surface area contributed by atoms with E-state index < -0.39 is 5.60 Å². The van der Waals surface area contributed by atoms with E-state index in [0.29, 0.717) is 30.1 Å². The van der Waals surface area contributed by atoms with Crippen LogP contribution in [0.2, 0.25) is 0 Å². The Bertz CT molecular complexity index is 1370. The van der Waals surface area contributed by atoms with Gasteiger partial charge in [-0.1, -0.05) is 58.0 Å². The molecule has 252 valence electrons. The first-order valence-electron chi connectivity index (χ1n) is 16.1. The molecule has 1 amide bonds. The summed E-state index contributed by atoms with van der Waals surface area (Å²) >= 11 is 0. The van der Waals surface area contributed by atoms with Crippen LogP contribution in [0.3, 0.4) is 0 Å². The molecule has 1 fully saturated rings. The van der Waals surface area contributed by atoms with Crippen molar-refractivity contribution in [2.45, 2.75) is 93.3 Å². The number of nitrogens with zero attached hydrogens (tertiary/aromatic N) is 4. The topological polar surface area (TPSA) is 124 Å². The van der Waals surface area contributed by atoms with Crippen molar-refractivity contribution < 1.29 is 19.1 Å². The van der Waals surface area contributed by atoms with E-state index in [-0.39, 0.29) is 23.7 Å². The molecule has 1 aliphatic heterocycles. The molecule has 4 rings (SSSR count). The molecule has 1 aliphatic rings. The summed E-state index contributed by atoms with van der Waals surface area (Å²) in [5, 5.41) is 8.89. The molecule has 1 unspecified atom stereocenters. The summed E-state index contributed by atoms with van der Waals surface area (Å²) in [5.74, 6) is 1.52. The van der Waals surface area contributed by atoms with Crippen LogP contribution in [0.1, 0.15) is 91.2 Å². The van der Waals surface area contributed by atoms with E-state index in [9.17, 15) is 9.59 Å². The van der Waals surface area contributed by atoms with Crippen LogP contribution in [0.25, 0.3) is 11.3 Å². The zero-order valence-corrected chi connectivity index (χ0v) is 29.3. The standard InChI is InChI=1S/C28H34N6O4.C4H8.2C2H6/c1-28(2,3)38-27(36)33-16-8-9-20(33)17-34-23(18-35)24(26(29)31-30-4)25(32-34)19-12-14-22(15-13-19)37-21-10-6-5-7-11-21;1-3-4-2;2*1-2/h5-7,10-15,18,20,30H,8-9,16-17H2,1-4H3,(H2,29,31);3-4H,1-2H3;2*1-2H3/b;4-3-;;. The van der Waals surface area contributed by atoms with Crippen molar-refractivity contribution in [3.8, 4) is 22.8 Å². The smallest absolute Gasteiger partial charge is 0.410 e. The maximum absolute atomic E-state index is 12.8. The Labute approximate surface area is 275 Å².